The molecule has 1 amide bonds. The number of amides is 1. The number of phosphoric ester groups is 1. The van der Waals surface area contributed by atoms with E-state index >= 15 is 0 Å². The molecule has 0 fully saturated rings. The van der Waals surface area contributed by atoms with Crippen molar-refractivity contribution < 1.29 is 32.9 Å². The summed E-state index contributed by atoms with van der Waals surface area (Å²) in [5, 5.41) is 13.4. The monoisotopic (exact) mass is 588 g/mol. The second kappa shape index (κ2) is 24.6. The van der Waals surface area contributed by atoms with E-state index in [1.54, 1.807) is 6.08 Å². The van der Waals surface area contributed by atoms with E-state index in [0.29, 0.717) is 17.4 Å². The van der Waals surface area contributed by atoms with Crippen LogP contribution in [0.25, 0.3) is 0 Å². The molecule has 0 spiro atoms. The minimum absolute atomic E-state index is 0.00653. The summed E-state index contributed by atoms with van der Waals surface area (Å²) < 4.78 is 22.7. The van der Waals surface area contributed by atoms with Crippen LogP contribution in [0.3, 0.4) is 0 Å². The van der Waals surface area contributed by atoms with Crippen LogP contribution in [-0.2, 0) is 18.4 Å². The molecule has 0 heterocycles. The molecule has 9 heteroatoms. The number of carbonyl (C=O) groups is 1. The van der Waals surface area contributed by atoms with Gasteiger partial charge in [0.2, 0.25) is 5.91 Å². The summed E-state index contributed by atoms with van der Waals surface area (Å²) in [5.74, 6) is -0.236. The Hall–Kier alpha value is -1.02. The zero-order valence-electron chi connectivity index (χ0n) is 26.3. The van der Waals surface area contributed by atoms with Gasteiger partial charge < -0.3 is 28.8 Å². The normalized spacial score (nSPS) is 15.5. The van der Waals surface area contributed by atoms with E-state index < -0.39 is 26.6 Å². The van der Waals surface area contributed by atoms with E-state index in [2.05, 4.69) is 31.3 Å². The highest BCUT2D eigenvalue weighted by Crippen LogP contribution is 2.38. The minimum atomic E-state index is -4.56. The minimum Gasteiger partial charge on any atom is -0.756 e. The van der Waals surface area contributed by atoms with Gasteiger partial charge >= 0.3 is 0 Å². The first-order valence-electron chi connectivity index (χ1n) is 15.7. The lowest BCUT2D eigenvalue weighted by Crippen LogP contribution is -2.45. The molecule has 8 nitrogen and oxygen atoms in total. The first-order chi connectivity index (χ1) is 19.0. The molecule has 0 aromatic heterocycles. The van der Waals surface area contributed by atoms with Crippen LogP contribution in [-0.4, -0.2) is 68.5 Å². The third-order valence-corrected chi connectivity index (χ3v) is 7.63. The molecule has 0 aliphatic rings. The smallest absolute Gasteiger partial charge is 0.268 e. The Morgan fingerprint density at radius 2 is 1.40 bits per heavy atom. The lowest BCUT2D eigenvalue weighted by Gasteiger charge is -2.29. The molecule has 0 bridgehead atoms. The first kappa shape index (κ1) is 39.0. The zero-order chi connectivity index (χ0) is 30.1. The molecule has 0 aromatic carbocycles. The Morgan fingerprint density at radius 3 is 2.02 bits per heavy atom. The van der Waals surface area contributed by atoms with Crippen molar-refractivity contribution in [3.05, 3.63) is 24.3 Å². The number of hydrogen-bond acceptors (Lipinski definition) is 6. The van der Waals surface area contributed by atoms with Crippen LogP contribution in [0.2, 0.25) is 0 Å². The van der Waals surface area contributed by atoms with Crippen LogP contribution < -0.4 is 10.2 Å². The van der Waals surface area contributed by atoms with Crippen molar-refractivity contribution in [1.82, 2.24) is 5.32 Å². The maximum Gasteiger partial charge on any atom is 0.268 e. The number of quaternary nitrogens is 1. The highest BCUT2D eigenvalue weighted by atomic mass is 31.2. The zero-order valence-corrected chi connectivity index (χ0v) is 27.2. The average molecular weight is 589 g/mol. The van der Waals surface area contributed by atoms with Crippen molar-refractivity contribution in [3.8, 4) is 0 Å². The maximum atomic E-state index is 12.4. The second-order valence-corrected chi connectivity index (χ2v) is 13.2. The molecule has 3 unspecified atom stereocenters. The van der Waals surface area contributed by atoms with Crippen molar-refractivity contribution in [1.29, 1.82) is 0 Å². The van der Waals surface area contributed by atoms with Gasteiger partial charge in [-0.2, -0.15) is 0 Å². The van der Waals surface area contributed by atoms with E-state index in [9.17, 15) is 19.4 Å². The highest BCUT2D eigenvalue weighted by molar-refractivity contribution is 7.45. The van der Waals surface area contributed by atoms with Crippen LogP contribution >= 0.6 is 7.82 Å². The molecule has 0 rings (SSSR count). The van der Waals surface area contributed by atoms with Gasteiger partial charge in [-0.3, -0.25) is 9.36 Å². The quantitative estimate of drug-likeness (QED) is 0.0495. The van der Waals surface area contributed by atoms with E-state index in [1.807, 2.05) is 27.2 Å². The van der Waals surface area contributed by atoms with Gasteiger partial charge in [-0.25, -0.2) is 0 Å². The molecule has 0 radical (unpaired) electrons. The number of nitrogens with one attached hydrogen (secondary N) is 1. The summed E-state index contributed by atoms with van der Waals surface area (Å²) >= 11 is 0. The number of rotatable bonds is 27. The van der Waals surface area contributed by atoms with Gasteiger partial charge in [0.05, 0.1) is 39.9 Å². The number of aliphatic hydroxyl groups excluding tert-OH is 1. The third kappa shape index (κ3) is 25.9. The number of phosphoric acid groups is 1. The van der Waals surface area contributed by atoms with Gasteiger partial charge in [0.1, 0.15) is 13.2 Å². The SMILES string of the molecule is CCCCCCCCCCC/C=C/CC/C=C/C(O)C(COP(=O)([O-])OCC[N+](C)(C)C)NC(=O)CCCCC. The van der Waals surface area contributed by atoms with Crippen LogP contribution in [0.4, 0.5) is 0 Å². The number of hydrogen-bond donors (Lipinski definition) is 2. The standard InChI is InChI=1S/C31H61N2O6P/c1-6-8-10-11-12-13-14-15-16-17-18-19-20-21-23-24-30(34)29(32-31(35)25-22-9-7-2)28-39-40(36,37)38-27-26-33(3,4)5/h18-19,23-24,29-30,34H,6-17,20-22,25-28H2,1-5H3,(H-,32,35,36,37)/b19-18+,24-23+. The van der Waals surface area contributed by atoms with Crippen molar-refractivity contribution in [2.24, 2.45) is 0 Å². The number of aliphatic hydroxyl groups is 1. The Balaban J connectivity index is 4.49. The van der Waals surface area contributed by atoms with Gasteiger partial charge in [-0.15, -0.1) is 0 Å². The summed E-state index contributed by atoms with van der Waals surface area (Å²) in [4.78, 5) is 24.6. The van der Waals surface area contributed by atoms with Crippen molar-refractivity contribution in [2.45, 2.75) is 129 Å². The molecule has 236 valence electrons. The molecule has 40 heavy (non-hydrogen) atoms. The molecule has 0 aromatic rings. The molecule has 0 aliphatic heterocycles. The van der Waals surface area contributed by atoms with E-state index in [4.69, 9.17) is 9.05 Å². The van der Waals surface area contributed by atoms with Crippen LogP contribution in [0.15, 0.2) is 24.3 Å². The largest absolute Gasteiger partial charge is 0.756 e. The summed E-state index contributed by atoms with van der Waals surface area (Å²) in [6.45, 7) is 4.40. The summed E-state index contributed by atoms with van der Waals surface area (Å²) in [7, 11) is 1.23. The number of carbonyl (C=O) groups excluding carboxylic acids is 1. The summed E-state index contributed by atoms with van der Waals surface area (Å²) in [6, 6.07) is -0.892. The Kier molecular flexibility index (Phi) is 23.9. The van der Waals surface area contributed by atoms with Gasteiger partial charge in [0.15, 0.2) is 0 Å². The molecule has 3 atom stereocenters. The molecule has 2 N–H and O–H groups in total. The summed E-state index contributed by atoms with van der Waals surface area (Å²) in [5.41, 5.74) is 0. The van der Waals surface area contributed by atoms with Gasteiger partial charge in [0.25, 0.3) is 7.82 Å². The Labute approximate surface area is 245 Å². The molecule has 0 aliphatic carbocycles. The fourth-order valence-electron chi connectivity index (χ4n) is 4.05. The fraction of sp³-hybridized carbons (Fsp3) is 0.839. The number of allylic oxidation sites excluding steroid dienone is 3. The lowest BCUT2D eigenvalue weighted by molar-refractivity contribution is -0.870. The topological polar surface area (TPSA) is 108 Å². The highest BCUT2D eigenvalue weighted by Gasteiger charge is 2.23. The van der Waals surface area contributed by atoms with Crippen molar-refractivity contribution >= 4 is 13.7 Å². The third-order valence-electron chi connectivity index (χ3n) is 6.66. The van der Waals surface area contributed by atoms with Crippen LogP contribution in [0, 0.1) is 0 Å². The molecule has 0 saturated carbocycles. The lowest BCUT2D eigenvalue weighted by atomic mass is 10.1. The fourth-order valence-corrected chi connectivity index (χ4v) is 4.77. The van der Waals surface area contributed by atoms with Gasteiger partial charge in [-0.1, -0.05) is 102 Å². The van der Waals surface area contributed by atoms with E-state index in [0.717, 1.165) is 38.5 Å². The van der Waals surface area contributed by atoms with Crippen molar-refractivity contribution in [2.75, 3.05) is 40.9 Å². The predicted molar refractivity (Wildman–Crippen MR) is 164 cm³/mol. The Bertz CT molecular complexity index is 723. The van der Waals surface area contributed by atoms with E-state index in [1.165, 1.54) is 57.8 Å². The number of likely N-dealkylation sites (N-methyl/N-ethyl adjacent to an activating group) is 1. The van der Waals surface area contributed by atoms with Crippen LogP contribution in [0.1, 0.15) is 117 Å². The number of nitrogens with zero attached hydrogens (tertiary/aromatic N) is 1. The Morgan fingerprint density at radius 1 is 0.850 bits per heavy atom. The average Bonchev–Trinajstić information content (AvgIpc) is 2.88. The first-order valence-corrected chi connectivity index (χ1v) is 17.2. The molecule has 0 saturated heterocycles. The van der Waals surface area contributed by atoms with E-state index in [-0.39, 0.29) is 12.5 Å². The number of unbranched alkanes of at least 4 members (excludes halogenated alkanes) is 12. The predicted octanol–water partition coefficient (Wildman–Crippen LogP) is 6.43. The van der Waals surface area contributed by atoms with Crippen molar-refractivity contribution in [3.63, 3.8) is 0 Å². The second-order valence-electron chi connectivity index (χ2n) is 11.8. The molecular formula is C31H61N2O6P. The van der Waals surface area contributed by atoms with Crippen LogP contribution in [0.5, 0.6) is 0 Å². The van der Waals surface area contributed by atoms with Gasteiger partial charge in [0, 0.05) is 6.42 Å². The maximum absolute atomic E-state index is 12.4. The van der Waals surface area contributed by atoms with Gasteiger partial charge in [-0.05, 0) is 32.1 Å². The molecular weight excluding hydrogens is 527 g/mol. The summed E-state index contributed by atoms with van der Waals surface area (Å²) in [6.07, 6.45) is 24.4.